The molecule has 2 aromatic rings. The lowest BCUT2D eigenvalue weighted by atomic mass is 10.1. The van der Waals surface area contributed by atoms with E-state index in [1.165, 1.54) is 0 Å². The molecule has 0 fully saturated rings. The SMILES string of the molecule is O=C(Cc1ccc(S)cc1)OCc1cccs1. The molecule has 0 spiro atoms. The summed E-state index contributed by atoms with van der Waals surface area (Å²) < 4.78 is 5.17. The highest BCUT2D eigenvalue weighted by Crippen LogP contribution is 2.11. The van der Waals surface area contributed by atoms with E-state index < -0.39 is 0 Å². The molecule has 1 aromatic carbocycles. The maximum Gasteiger partial charge on any atom is 0.310 e. The van der Waals surface area contributed by atoms with Crippen LogP contribution in [0.1, 0.15) is 10.4 Å². The first-order valence-corrected chi connectivity index (χ1v) is 6.52. The molecule has 1 heterocycles. The van der Waals surface area contributed by atoms with Crippen LogP contribution in [0.4, 0.5) is 0 Å². The molecular formula is C13H12O2S2. The predicted molar refractivity (Wildman–Crippen MR) is 71.5 cm³/mol. The van der Waals surface area contributed by atoms with E-state index in [2.05, 4.69) is 12.6 Å². The van der Waals surface area contributed by atoms with Crippen LogP contribution in [0.5, 0.6) is 0 Å². The smallest absolute Gasteiger partial charge is 0.310 e. The standard InChI is InChI=1S/C13H12O2S2/c14-13(15-9-12-2-1-7-17-12)8-10-3-5-11(16)6-4-10/h1-7,16H,8-9H2. The first-order valence-electron chi connectivity index (χ1n) is 5.20. The van der Waals surface area contributed by atoms with E-state index in [1.807, 2.05) is 41.8 Å². The van der Waals surface area contributed by atoms with Crippen molar-refractivity contribution in [2.45, 2.75) is 17.9 Å². The lowest BCUT2D eigenvalue weighted by Gasteiger charge is -2.03. The zero-order valence-corrected chi connectivity index (χ0v) is 10.8. The summed E-state index contributed by atoms with van der Waals surface area (Å²) in [6.07, 6.45) is 0.305. The quantitative estimate of drug-likeness (QED) is 0.677. The fourth-order valence-electron chi connectivity index (χ4n) is 1.38. The Hall–Kier alpha value is -1.26. The molecule has 2 rings (SSSR count). The van der Waals surface area contributed by atoms with Gasteiger partial charge in [0, 0.05) is 9.77 Å². The molecule has 0 N–H and O–H groups in total. The van der Waals surface area contributed by atoms with Crippen molar-refractivity contribution < 1.29 is 9.53 Å². The van der Waals surface area contributed by atoms with Gasteiger partial charge >= 0.3 is 5.97 Å². The summed E-state index contributed by atoms with van der Waals surface area (Å²) in [5.41, 5.74) is 0.943. The monoisotopic (exact) mass is 264 g/mol. The van der Waals surface area contributed by atoms with Crippen LogP contribution in [0, 0.1) is 0 Å². The van der Waals surface area contributed by atoms with E-state index in [0.717, 1.165) is 15.3 Å². The van der Waals surface area contributed by atoms with Crippen molar-refractivity contribution in [3.8, 4) is 0 Å². The maximum absolute atomic E-state index is 11.6. The van der Waals surface area contributed by atoms with E-state index in [1.54, 1.807) is 11.3 Å². The molecule has 1 aromatic heterocycles. The molecular weight excluding hydrogens is 252 g/mol. The van der Waals surface area contributed by atoms with Crippen LogP contribution < -0.4 is 0 Å². The number of carbonyl (C=O) groups excluding carboxylic acids is 1. The van der Waals surface area contributed by atoms with E-state index in [-0.39, 0.29) is 5.97 Å². The van der Waals surface area contributed by atoms with Gasteiger partial charge in [0.15, 0.2) is 0 Å². The van der Waals surface area contributed by atoms with Gasteiger partial charge in [0.05, 0.1) is 6.42 Å². The van der Waals surface area contributed by atoms with Crippen molar-refractivity contribution in [3.05, 3.63) is 52.2 Å². The highest BCUT2D eigenvalue weighted by atomic mass is 32.1. The molecule has 0 amide bonds. The van der Waals surface area contributed by atoms with Gasteiger partial charge in [-0.1, -0.05) is 18.2 Å². The number of rotatable bonds is 4. The molecule has 0 saturated heterocycles. The summed E-state index contributed by atoms with van der Waals surface area (Å²) in [5.74, 6) is -0.203. The molecule has 0 atom stereocenters. The Labute approximate surface area is 110 Å². The topological polar surface area (TPSA) is 26.3 Å². The van der Waals surface area contributed by atoms with Crippen molar-refractivity contribution in [2.24, 2.45) is 0 Å². The Morgan fingerprint density at radius 1 is 1.24 bits per heavy atom. The fourth-order valence-corrected chi connectivity index (χ4v) is 2.14. The summed E-state index contributed by atoms with van der Waals surface area (Å²) in [6, 6.07) is 11.4. The zero-order chi connectivity index (χ0) is 12.1. The largest absolute Gasteiger partial charge is 0.460 e. The van der Waals surface area contributed by atoms with Crippen molar-refractivity contribution >= 4 is 29.9 Å². The van der Waals surface area contributed by atoms with E-state index in [9.17, 15) is 4.79 Å². The van der Waals surface area contributed by atoms with Gasteiger partial charge in [-0.2, -0.15) is 0 Å². The first kappa shape index (κ1) is 12.2. The molecule has 17 heavy (non-hydrogen) atoms. The van der Waals surface area contributed by atoms with Crippen LogP contribution in [-0.4, -0.2) is 5.97 Å². The van der Waals surface area contributed by atoms with Crippen LogP contribution in [0.25, 0.3) is 0 Å². The van der Waals surface area contributed by atoms with Gasteiger partial charge < -0.3 is 4.74 Å². The lowest BCUT2D eigenvalue weighted by Crippen LogP contribution is -2.07. The summed E-state index contributed by atoms with van der Waals surface area (Å²) in [7, 11) is 0. The van der Waals surface area contributed by atoms with Gasteiger partial charge in [0.1, 0.15) is 6.61 Å². The van der Waals surface area contributed by atoms with E-state index in [0.29, 0.717) is 13.0 Å². The molecule has 2 nitrogen and oxygen atoms in total. The molecule has 0 aliphatic rings. The summed E-state index contributed by atoms with van der Waals surface area (Å²) in [4.78, 5) is 13.5. The molecule has 0 radical (unpaired) electrons. The number of benzene rings is 1. The summed E-state index contributed by atoms with van der Waals surface area (Å²) >= 11 is 5.78. The third-order valence-corrected chi connectivity index (χ3v) is 3.39. The van der Waals surface area contributed by atoms with Crippen molar-refractivity contribution in [3.63, 3.8) is 0 Å². The van der Waals surface area contributed by atoms with Crippen LogP contribution in [0.15, 0.2) is 46.7 Å². The molecule has 88 valence electrons. The normalized spacial score (nSPS) is 10.2. The number of carbonyl (C=O) groups is 1. The Balaban J connectivity index is 1.83. The molecule has 0 aliphatic heterocycles. The van der Waals surface area contributed by atoms with Gasteiger partial charge in [-0.25, -0.2) is 0 Å². The van der Waals surface area contributed by atoms with E-state index in [4.69, 9.17) is 4.74 Å². The van der Waals surface area contributed by atoms with Crippen LogP contribution in [0.3, 0.4) is 0 Å². The van der Waals surface area contributed by atoms with Gasteiger partial charge in [-0.15, -0.1) is 24.0 Å². The second kappa shape index (κ2) is 5.89. The number of thiophene rings is 1. The zero-order valence-electron chi connectivity index (χ0n) is 9.13. The van der Waals surface area contributed by atoms with Gasteiger partial charge in [-0.3, -0.25) is 4.79 Å². The number of thiol groups is 1. The second-order valence-corrected chi connectivity index (χ2v) is 5.13. The lowest BCUT2D eigenvalue weighted by molar-refractivity contribution is -0.144. The number of hydrogen-bond donors (Lipinski definition) is 1. The Morgan fingerprint density at radius 2 is 2.00 bits per heavy atom. The summed E-state index contributed by atoms with van der Waals surface area (Å²) in [5, 5.41) is 1.97. The first-order chi connectivity index (χ1) is 8.24. The van der Waals surface area contributed by atoms with Crippen LogP contribution >= 0.6 is 24.0 Å². The van der Waals surface area contributed by atoms with Crippen LogP contribution in [0.2, 0.25) is 0 Å². The molecule has 0 aliphatic carbocycles. The molecule has 4 heteroatoms. The average Bonchev–Trinajstić information content (AvgIpc) is 2.83. The fraction of sp³-hybridized carbons (Fsp3) is 0.154. The van der Waals surface area contributed by atoms with Crippen molar-refractivity contribution in [2.75, 3.05) is 0 Å². The second-order valence-electron chi connectivity index (χ2n) is 3.58. The van der Waals surface area contributed by atoms with Gasteiger partial charge in [0.2, 0.25) is 0 Å². The Bertz CT molecular complexity index is 475. The highest BCUT2D eigenvalue weighted by Gasteiger charge is 2.05. The average molecular weight is 264 g/mol. The van der Waals surface area contributed by atoms with Crippen molar-refractivity contribution in [1.29, 1.82) is 0 Å². The maximum atomic E-state index is 11.6. The molecule has 0 unspecified atom stereocenters. The minimum atomic E-state index is -0.203. The minimum Gasteiger partial charge on any atom is -0.460 e. The third-order valence-electron chi connectivity index (χ3n) is 2.24. The number of esters is 1. The Kier molecular flexibility index (Phi) is 4.23. The molecule has 0 saturated carbocycles. The predicted octanol–water partition coefficient (Wildman–Crippen LogP) is 3.32. The minimum absolute atomic E-state index is 0.203. The van der Waals surface area contributed by atoms with Crippen molar-refractivity contribution in [1.82, 2.24) is 0 Å². The van der Waals surface area contributed by atoms with Gasteiger partial charge in [-0.05, 0) is 29.1 Å². The molecule has 0 bridgehead atoms. The van der Waals surface area contributed by atoms with Gasteiger partial charge in [0.25, 0.3) is 0 Å². The number of ether oxygens (including phenoxy) is 1. The highest BCUT2D eigenvalue weighted by molar-refractivity contribution is 7.80. The summed E-state index contributed by atoms with van der Waals surface area (Å²) in [6.45, 7) is 0.362. The van der Waals surface area contributed by atoms with E-state index >= 15 is 0 Å². The Morgan fingerprint density at radius 3 is 2.65 bits per heavy atom. The third kappa shape index (κ3) is 3.91. The number of hydrogen-bond acceptors (Lipinski definition) is 4. The van der Waals surface area contributed by atoms with Crippen LogP contribution in [-0.2, 0) is 22.6 Å².